The van der Waals surface area contributed by atoms with Crippen LogP contribution in [0.5, 0.6) is 5.75 Å². The lowest BCUT2D eigenvalue weighted by Crippen LogP contribution is -2.44. The first-order valence-electron chi connectivity index (χ1n) is 9.49. The first-order chi connectivity index (χ1) is 13.3. The number of ether oxygens (including phenoxy) is 2. The average Bonchev–Trinajstić information content (AvgIpc) is 3.49. The van der Waals surface area contributed by atoms with Crippen molar-refractivity contribution in [1.29, 1.82) is 0 Å². The smallest absolute Gasteiger partial charge is 0.338 e. The summed E-state index contributed by atoms with van der Waals surface area (Å²) in [6, 6.07) is 4.11. The summed E-state index contributed by atoms with van der Waals surface area (Å²) in [6.45, 7) is 2.28. The molecule has 2 aliphatic rings. The van der Waals surface area contributed by atoms with Gasteiger partial charge in [0.2, 0.25) is 10.0 Å². The lowest BCUT2D eigenvalue weighted by molar-refractivity contribution is -0.137. The number of carbonyl (C=O) groups is 2. The molecule has 1 amide bonds. The van der Waals surface area contributed by atoms with Crippen molar-refractivity contribution in [3.8, 4) is 5.75 Å². The van der Waals surface area contributed by atoms with Crippen LogP contribution < -0.4 is 9.46 Å². The SMILES string of the molecule is COc1ccc(C(=O)OCC(=O)N2CCCC[C@@H]2C)cc1S(=O)(=O)NC1CC1. The van der Waals surface area contributed by atoms with Crippen molar-refractivity contribution in [2.75, 3.05) is 20.3 Å². The van der Waals surface area contributed by atoms with Gasteiger partial charge in [-0.15, -0.1) is 0 Å². The average molecular weight is 410 g/mol. The van der Waals surface area contributed by atoms with Gasteiger partial charge in [0.15, 0.2) is 6.61 Å². The molecule has 9 heteroatoms. The summed E-state index contributed by atoms with van der Waals surface area (Å²) < 4.78 is 37.9. The standard InChI is InChI=1S/C19H26N2O6S/c1-13-5-3-4-10-21(13)18(22)12-27-19(23)14-6-9-16(26-2)17(11-14)28(24,25)20-15-7-8-15/h6,9,11,13,15,20H,3-5,7-8,10,12H2,1-2H3/t13-/m0/s1. The Morgan fingerprint density at radius 1 is 1.21 bits per heavy atom. The van der Waals surface area contributed by atoms with Gasteiger partial charge in [0.25, 0.3) is 5.91 Å². The summed E-state index contributed by atoms with van der Waals surface area (Å²) >= 11 is 0. The molecule has 1 aromatic carbocycles. The molecule has 1 aliphatic heterocycles. The number of nitrogens with zero attached hydrogens (tertiary/aromatic N) is 1. The second kappa shape index (κ2) is 8.48. The number of hydrogen-bond donors (Lipinski definition) is 1. The minimum absolute atomic E-state index is 0.0523. The predicted octanol–water partition coefficient (Wildman–Crippen LogP) is 1.69. The Morgan fingerprint density at radius 3 is 2.61 bits per heavy atom. The Bertz CT molecular complexity index is 850. The van der Waals surface area contributed by atoms with Gasteiger partial charge < -0.3 is 14.4 Å². The molecule has 1 saturated carbocycles. The fraction of sp³-hybridized carbons (Fsp3) is 0.579. The number of amides is 1. The van der Waals surface area contributed by atoms with E-state index in [0.29, 0.717) is 6.54 Å². The van der Waals surface area contributed by atoms with Gasteiger partial charge in [-0.3, -0.25) is 4.79 Å². The second-order valence-electron chi connectivity index (χ2n) is 7.27. The number of nitrogens with one attached hydrogen (secondary N) is 1. The first-order valence-corrected chi connectivity index (χ1v) is 11.0. The fourth-order valence-corrected chi connectivity index (χ4v) is 4.76. The molecule has 1 heterocycles. The maximum absolute atomic E-state index is 12.5. The molecule has 2 fully saturated rings. The zero-order chi connectivity index (χ0) is 20.3. The van der Waals surface area contributed by atoms with Crippen molar-refractivity contribution >= 4 is 21.9 Å². The number of carbonyl (C=O) groups excluding carboxylic acids is 2. The number of methoxy groups -OCH3 is 1. The summed E-state index contributed by atoms with van der Waals surface area (Å²) in [6.07, 6.45) is 4.55. The van der Waals surface area contributed by atoms with E-state index in [1.54, 1.807) is 4.90 Å². The molecule has 8 nitrogen and oxygen atoms in total. The van der Waals surface area contributed by atoms with E-state index in [9.17, 15) is 18.0 Å². The van der Waals surface area contributed by atoms with Gasteiger partial charge in [-0.1, -0.05) is 0 Å². The third-order valence-electron chi connectivity index (χ3n) is 5.04. The minimum Gasteiger partial charge on any atom is -0.495 e. The van der Waals surface area contributed by atoms with Crippen LogP contribution in [0.3, 0.4) is 0 Å². The zero-order valence-electron chi connectivity index (χ0n) is 16.1. The minimum atomic E-state index is -3.81. The third kappa shape index (κ3) is 4.82. The molecule has 1 aliphatic carbocycles. The van der Waals surface area contributed by atoms with Crippen LogP contribution >= 0.6 is 0 Å². The molecule has 1 atom stereocenters. The van der Waals surface area contributed by atoms with Crippen molar-refractivity contribution < 1.29 is 27.5 Å². The maximum Gasteiger partial charge on any atom is 0.338 e. The molecule has 28 heavy (non-hydrogen) atoms. The van der Waals surface area contributed by atoms with Crippen molar-refractivity contribution in [1.82, 2.24) is 9.62 Å². The van der Waals surface area contributed by atoms with E-state index in [4.69, 9.17) is 9.47 Å². The first kappa shape index (κ1) is 20.6. The number of likely N-dealkylation sites (tertiary alicyclic amines) is 1. The normalized spacial score (nSPS) is 19.9. The van der Waals surface area contributed by atoms with Gasteiger partial charge in [0.1, 0.15) is 10.6 Å². The molecule has 1 saturated heterocycles. The number of esters is 1. The quantitative estimate of drug-likeness (QED) is 0.687. The van der Waals surface area contributed by atoms with E-state index in [1.807, 2.05) is 6.92 Å². The van der Waals surface area contributed by atoms with Gasteiger partial charge in [0, 0.05) is 18.6 Å². The molecule has 0 unspecified atom stereocenters. The van der Waals surface area contributed by atoms with Gasteiger partial charge >= 0.3 is 5.97 Å². The van der Waals surface area contributed by atoms with Crippen molar-refractivity contribution in [3.05, 3.63) is 23.8 Å². The predicted molar refractivity (Wildman–Crippen MR) is 102 cm³/mol. The van der Waals surface area contributed by atoms with Crippen LogP contribution in [0, 0.1) is 0 Å². The van der Waals surface area contributed by atoms with Gasteiger partial charge in [-0.25, -0.2) is 17.9 Å². The highest BCUT2D eigenvalue weighted by Crippen LogP contribution is 2.28. The molecule has 154 valence electrons. The number of rotatable bonds is 7. The molecule has 3 rings (SSSR count). The summed E-state index contributed by atoms with van der Waals surface area (Å²) in [5.74, 6) is -0.844. The number of hydrogen-bond acceptors (Lipinski definition) is 6. The highest BCUT2D eigenvalue weighted by Gasteiger charge is 2.31. The molecule has 1 N–H and O–H groups in total. The summed E-state index contributed by atoms with van der Waals surface area (Å²) in [4.78, 5) is 26.3. The highest BCUT2D eigenvalue weighted by molar-refractivity contribution is 7.89. The molecular weight excluding hydrogens is 384 g/mol. The molecule has 0 aromatic heterocycles. The molecular formula is C19H26N2O6S. The highest BCUT2D eigenvalue weighted by atomic mass is 32.2. The van der Waals surface area contributed by atoms with Crippen LogP contribution in [-0.4, -0.2) is 57.5 Å². The van der Waals surface area contributed by atoms with Crippen molar-refractivity contribution in [2.45, 2.75) is 56.0 Å². The molecule has 0 radical (unpaired) electrons. The van der Waals surface area contributed by atoms with Crippen molar-refractivity contribution in [3.63, 3.8) is 0 Å². The van der Waals surface area contributed by atoms with E-state index in [0.717, 1.165) is 32.1 Å². The van der Waals surface area contributed by atoms with Crippen LogP contribution in [0.4, 0.5) is 0 Å². The Balaban J connectivity index is 1.69. The van der Waals surface area contributed by atoms with Gasteiger partial charge in [0.05, 0.1) is 12.7 Å². The fourth-order valence-electron chi connectivity index (χ4n) is 3.26. The number of sulfonamides is 1. The Kier molecular flexibility index (Phi) is 6.24. The van der Waals surface area contributed by atoms with Crippen LogP contribution in [0.15, 0.2) is 23.1 Å². The largest absolute Gasteiger partial charge is 0.495 e. The Hall–Kier alpha value is -2.13. The number of benzene rings is 1. The monoisotopic (exact) mass is 410 g/mol. The van der Waals surface area contributed by atoms with E-state index in [1.165, 1.54) is 25.3 Å². The van der Waals surface area contributed by atoms with E-state index in [-0.39, 0.29) is 40.8 Å². The van der Waals surface area contributed by atoms with Crippen LogP contribution in [-0.2, 0) is 19.6 Å². The van der Waals surface area contributed by atoms with Crippen LogP contribution in [0.1, 0.15) is 49.4 Å². The van der Waals surface area contributed by atoms with Gasteiger partial charge in [-0.05, 0) is 57.2 Å². The topological polar surface area (TPSA) is 102 Å². The van der Waals surface area contributed by atoms with Gasteiger partial charge in [-0.2, -0.15) is 0 Å². The van der Waals surface area contributed by atoms with Crippen LogP contribution in [0.25, 0.3) is 0 Å². The molecule has 0 bridgehead atoms. The Labute approximate surface area is 165 Å². The maximum atomic E-state index is 12.5. The lowest BCUT2D eigenvalue weighted by atomic mass is 10.0. The van der Waals surface area contributed by atoms with E-state index < -0.39 is 16.0 Å². The Morgan fingerprint density at radius 2 is 1.96 bits per heavy atom. The lowest BCUT2D eigenvalue weighted by Gasteiger charge is -2.33. The summed E-state index contributed by atoms with van der Waals surface area (Å²) in [5, 5.41) is 0. The summed E-state index contributed by atoms with van der Waals surface area (Å²) in [5.41, 5.74) is 0.0523. The molecule has 0 spiro atoms. The van der Waals surface area contributed by atoms with E-state index >= 15 is 0 Å². The zero-order valence-corrected chi connectivity index (χ0v) is 17.0. The third-order valence-corrected chi connectivity index (χ3v) is 6.58. The van der Waals surface area contributed by atoms with E-state index in [2.05, 4.69) is 4.72 Å². The molecule has 1 aromatic rings. The summed E-state index contributed by atoms with van der Waals surface area (Å²) in [7, 11) is -2.45. The second-order valence-corrected chi connectivity index (χ2v) is 8.95. The van der Waals surface area contributed by atoms with Crippen molar-refractivity contribution in [2.24, 2.45) is 0 Å². The van der Waals surface area contributed by atoms with Crippen LogP contribution in [0.2, 0.25) is 0 Å². The number of piperidine rings is 1.